The largest absolute Gasteiger partial charge is 0.496 e. The first-order valence-corrected chi connectivity index (χ1v) is 4.34. The van der Waals surface area contributed by atoms with Gasteiger partial charge in [-0.25, -0.2) is 0 Å². The molecule has 0 amide bonds. The first-order valence-electron chi connectivity index (χ1n) is 4.34. The number of halogens is 2. The van der Waals surface area contributed by atoms with Crippen molar-refractivity contribution >= 4 is 24.8 Å². The van der Waals surface area contributed by atoms with Crippen LogP contribution < -0.4 is 10.1 Å². The number of nitrogens with zero attached hydrogens (tertiary/aromatic N) is 1. The van der Waals surface area contributed by atoms with Gasteiger partial charge in [0.25, 0.3) is 0 Å². The molecule has 3 nitrogen and oxygen atoms in total. The van der Waals surface area contributed by atoms with Gasteiger partial charge in [-0.1, -0.05) is 0 Å². The van der Waals surface area contributed by atoms with E-state index < -0.39 is 0 Å². The van der Waals surface area contributed by atoms with E-state index in [2.05, 4.69) is 10.3 Å². The van der Waals surface area contributed by atoms with E-state index in [1.165, 1.54) is 0 Å². The minimum Gasteiger partial charge on any atom is -0.496 e. The molecule has 1 aromatic rings. The minimum atomic E-state index is 0. The summed E-state index contributed by atoms with van der Waals surface area (Å²) in [5.41, 5.74) is 3.25. The average molecular weight is 253 g/mol. The number of aryl methyl sites for hydroxylation is 1. The SMILES string of the molecule is CNCc1ncc(C)c(OC)c1C.Cl.Cl. The summed E-state index contributed by atoms with van der Waals surface area (Å²) in [5, 5.41) is 3.08. The Balaban J connectivity index is 0. The van der Waals surface area contributed by atoms with E-state index in [0.29, 0.717) is 0 Å². The number of aromatic nitrogens is 1. The second kappa shape index (κ2) is 7.74. The van der Waals surface area contributed by atoms with Crippen LogP contribution in [0.4, 0.5) is 0 Å². The maximum Gasteiger partial charge on any atom is 0.128 e. The van der Waals surface area contributed by atoms with Crippen LogP contribution in [-0.4, -0.2) is 19.1 Å². The van der Waals surface area contributed by atoms with Gasteiger partial charge in [0.1, 0.15) is 5.75 Å². The van der Waals surface area contributed by atoms with E-state index in [-0.39, 0.29) is 24.8 Å². The van der Waals surface area contributed by atoms with Crippen LogP contribution in [0.1, 0.15) is 16.8 Å². The van der Waals surface area contributed by atoms with Crippen molar-refractivity contribution in [3.05, 3.63) is 23.0 Å². The molecule has 88 valence electrons. The zero-order valence-corrected chi connectivity index (χ0v) is 11.1. The third-order valence-corrected chi connectivity index (χ3v) is 2.09. The fraction of sp³-hybridized carbons (Fsp3) is 0.500. The van der Waals surface area contributed by atoms with Crippen LogP contribution in [0, 0.1) is 13.8 Å². The standard InChI is InChI=1S/C10H16N2O.2ClH/c1-7-5-12-9(6-11-3)8(2)10(7)13-4;;/h5,11H,6H2,1-4H3;2*1H. The van der Waals surface area contributed by atoms with Crippen LogP contribution in [0.5, 0.6) is 5.75 Å². The van der Waals surface area contributed by atoms with Gasteiger partial charge in [0.15, 0.2) is 0 Å². The molecule has 0 radical (unpaired) electrons. The number of methoxy groups -OCH3 is 1. The van der Waals surface area contributed by atoms with Crippen LogP contribution in [0.2, 0.25) is 0 Å². The first kappa shape index (κ1) is 16.9. The lowest BCUT2D eigenvalue weighted by atomic mass is 10.1. The van der Waals surface area contributed by atoms with Crippen LogP contribution >= 0.6 is 24.8 Å². The lowest BCUT2D eigenvalue weighted by Gasteiger charge is -2.11. The van der Waals surface area contributed by atoms with E-state index >= 15 is 0 Å². The Hall–Kier alpha value is -0.510. The Morgan fingerprint density at radius 3 is 2.40 bits per heavy atom. The molecule has 0 saturated heterocycles. The number of hydrogen-bond donors (Lipinski definition) is 1. The molecule has 0 unspecified atom stereocenters. The van der Waals surface area contributed by atoms with Crippen LogP contribution in [0.3, 0.4) is 0 Å². The molecule has 0 aliphatic carbocycles. The topological polar surface area (TPSA) is 34.2 Å². The molecule has 0 fully saturated rings. The lowest BCUT2D eigenvalue weighted by molar-refractivity contribution is 0.406. The predicted octanol–water partition coefficient (Wildman–Crippen LogP) is 2.27. The summed E-state index contributed by atoms with van der Waals surface area (Å²) >= 11 is 0. The Labute approximate surface area is 103 Å². The molecule has 1 rings (SSSR count). The zero-order chi connectivity index (χ0) is 9.84. The third kappa shape index (κ3) is 3.86. The smallest absolute Gasteiger partial charge is 0.128 e. The molecular formula is C10H18Cl2N2O. The van der Waals surface area contributed by atoms with E-state index in [1.807, 2.05) is 27.1 Å². The van der Waals surface area contributed by atoms with E-state index in [0.717, 1.165) is 29.1 Å². The maximum atomic E-state index is 5.29. The van der Waals surface area contributed by atoms with Gasteiger partial charge in [0, 0.05) is 23.9 Å². The number of hydrogen-bond acceptors (Lipinski definition) is 3. The molecule has 1 aromatic heterocycles. The van der Waals surface area contributed by atoms with E-state index in [4.69, 9.17) is 4.74 Å². The van der Waals surface area contributed by atoms with Crippen molar-refractivity contribution in [2.45, 2.75) is 20.4 Å². The molecule has 5 heteroatoms. The van der Waals surface area contributed by atoms with Crippen LogP contribution in [0.25, 0.3) is 0 Å². The maximum absolute atomic E-state index is 5.29. The molecular weight excluding hydrogens is 235 g/mol. The number of ether oxygens (including phenoxy) is 1. The van der Waals surface area contributed by atoms with Crippen molar-refractivity contribution in [3.63, 3.8) is 0 Å². The highest BCUT2D eigenvalue weighted by molar-refractivity contribution is 5.85. The van der Waals surface area contributed by atoms with Crippen LogP contribution in [-0.2, 0) is 6.54 Å². The molecule has 1 N–H and O–H groups in total. The highest BCUT2D eigenvalue weighted by Crippen LogP contribution is 2.23. The third-order valence-electron chi connectivity index (χ3n) is 2.09. The van der Waals surface area contributed by atoms with Crippen molar-refractivity contribution in [3.8, 4) is 5.75 Å². The lowest BCUT2D eigenvalue weighted by Crippen LogP contribution is -2.09. The number of pyridine rings is 1. The summed E-state index contributed by atoms with van der Waals surface area (Å²) in [6.07, 6.45) is 1.85. The molecule has 0 aliphatic heterocycles. The van der Waals surface area contributed by atoms with Gasteiger partial charge in [-0.2, -0.15) is 0 Å². The van der Waals surface area contributed by atoms with Gasteiger partial charge < -0.3 is 10.1 Å². The summed E-state index contributed by atoms with van der Waals surface area (Å²) in [6.45, 7) is 4.82. The summed E-state index contributed by atoms with van der Waals surface area (Å²) in [6, 6.07) is 0. The van der Waals surface area contributed by atoms with E-state index in [1.54, 1.807) is 7.11 Å². The second-order valence-corrected chi connectivity index (χ2v) is 3.08. The summed E-state index contributed by atoms with van der Waals surface area (Å²) in [7, 11) is 3.60. The zero-order valence-electron chi connectivity index (χ0n) is 9.46. The summed E-state index contributed by atoms with van der Waals surface area (Å²) in [4.78, 5) is 4.33. The normalized spacial score (nSPS) is 8.80. The fourth-order valence-electron chi connectivity index (χ4n) is 1.42. The average Bonchev–Trinajstić information content (AvgIpc) is 2.11. The van der Waals surface area contributed by atoms with Crippen molar-refractivity contribution in [2.75, 3.05) is 14.2 Å². The van der Waals surface area contributed by atoms with Crippen molar-refractivity contribution in [2.24, 2.45) is 0 Å². The molecule has 0 aliphatic rings. The number of rotatable bonds is 3. The summed E-state index contributed by atoms with van der Waals surface area (Å²) < 4.78 is 5.29. The highest BCUT2D eigenvalue weighted by Gasteiger charge is 2.07. The highest BCUT2D eigenvalue weighted by atomic mass is 35.5. The van der Waals surface area contributed by atoms with Crippen molar-refractivity contribution < 1.29 is 4.74 Å². The van der Waals surface area contributed by atoms with Gasteiger partial charge in [-0.3, -0.25) is 4.98 Å². The fourth-order valence-corrected chi connectivity index (χ4v) is 1.42. The second-order valence-electron chi connectivity index (χ2n) is 3.08. The van der Waals surface area contributed by atoms with Crippen molar-refractivity contribution in [1.29, 1.82) is 0 Å². The van der Waals surface area contributed by atoms with Gasteiger partial charge >= 0.3 is 0 Å². The molecule has 15 heavy (non-hydrogen) atoms. The van der Waals surface area contributed by atoms with Gasteiger partial charge in [0.2, 0.25) is 0 Å². The number of nitrogens with one attached hydrogen (secondary N) is 1. The Morgan fingerprint density at radius 2 is 1.93 bits per heavy atom. The van der Waals surface area contributed by atoms with Gasteiger partial charge in [0.05, 0.1) is 12.8 Å². The Morgan fingerprint density at radius 1 is 1.33 bits per heavy atom. The Kier molecular flexibility index (Phi) is 8.72. The minimum absolute atomic E-state index is 0. The molecule has 0 saturated carbocycles. The molecule has 1 heterocycles. The molecule has 0 spiro atoms. The quantitative estimate of drug-likeness (QED) is 0.897. The molecule has 0 atom stereocenters. The van der Waals surface area contributed by atoms with Gasteiger partial charge in [-0.05, 0) is 20.9 Å². The molecule has 0 aromatic carbocycles. The van der Waals surface area contributed by atoms with E-state index in [9.17, 15) is 0 Å². The monoisotopic (exact) mass is 252 g/mol. The van der Waals surface area contributed by atoms with Gasteiger partial charge in [-0.15, -0.1) is 24.8 Å². The Bertz CT molecular complexity index is 306. The molecule has 0 bridgehead atoms. The van der Waals surface area contributed by atoms with Crippen LogP contribution in [0.15, 0.2) is 6.20 Å². The predicted molar refractivity (Wildman–Crippen MR) is 67.5 cm³/mol. The first-order chi connectivity index (χ1) is 6.20. The van der Waals surface area contributed by atoms with Crippen molar-refractivity contribution in [1.82, 2.24) is 10.3 Å². The summed E-state index contributed by atoms with van der Waals surface area (Å²) in [5.74, 6) is 0.945.